The predicted molar refractivity (Wildman–Crippen MR) is 83.6 cm³/mol. The van der Waals surface area contributed by atoms with Crippen molar-refractivity contribution in [2.24, 2.45) is 0 Å². The minimum atomic E-state index is -3.64. The van der Waals surface area contributed by atoms with Crippen molar-refractivity contribution in [2.75, 3.05) is 0 Å². The van der Waals surface area contributed by atoms with Gasteiger partial charge in [0.15, 0.2) is 5.82 Å². The quantitative estimate of drug-likeness (QED) is 0.770. The van der Waals surface area contributed by atoms with Crippen LogP contribution in [0.3, 0.4) is 0 Å². The van der Waals surface area contributed by atoms with Crippen LogP contribution in [0.5, 0.6) is 0 Å². The number of hydrogen-bond acceptors (Lipinski definition) is 6. The van der Waals surface area contributed by atoms with Crippen molar-refractivity contribution in [3.63, 3.8) is 0 Å². The number of halogens is 1. The molecular formula is C12H12ClN5O2S2. The minimum absolute atomic E-state index is 0.0846. The molecule has 0 saturated carbocycles. The summed E-state index contributed by atoms with van der Waals surface area (Å²) < 4.78 is 28.6. The Hall–Kier alpha value is -1.55. The molecule has 116 valence electrons. The SMILES string of the molecule is Cc1ccc(S(=O)(=O)NCc2nn3c(C)nnc3s2)cc1Cl. The van der Waals surface area contributed by atoms with E-state index in [2.05, 4.69) is 20.0 Å². The third-order valence-electron chi connectivity index (χ3n) is 3.06. The molecule has 0 radical (unpaired) electrons. The van der Waals surface area contributed by atoms with Crippen molar-refractivity contribution in [3.8, 4) is 0 Å². The molecule has 10 heteroatoms. The van der Waals surface area contributed by atoms with E-state index in [1.54, 1.807) is 17.5 Å². The van der Waals surface area contributed by atoms with Gasteiger partial charge in [-0.15, -0.1) is 10.2 Å². The number of nitrogens with zero attached hydrogens (tertiary/aromatic N) is 4. The summed E-state index contributed by atoms with van der Waals surface area (Å²) >= 11 is 7.26. The van der Waals surface area contributed by atoms with Gasteiger partial charge in [0.1, 0.15) is 5.01 Å². The minimum Gasteiger partial charge on any atom is -0.207 e. The first-order chi connectivity index (χ1) is 10.4. The Morgan fingerprint density at radius 3 is 2.77 bits per heavy atom. The highest BCUT2D eigenvalue weighted by molar-refractivity contribution is 7.89. The van der Waals surface area contributed by atoms with Gasteiger partial charge >= 0.3 is 0 Å². The zero-order chi connectivity index (χ0) is 15.9. The van der Waals surface area contributed by atoms with E-state index in [0.717, 1.165) is 5.56 Å². The van der Waals surface area contributed by atoms with Crippen molar-refractivity contribution >= 4 is 37.9 Å². The van der Waals surface area contributed by atoms with Crippen LogP contribution >= 0.6 is 22.9 Å². The van der Waals surface area contributed by atoms with Crippen LogP contribution in [-0.2, 0) is 16.6 Å². The molecule has 0 aliphatic carbocycles. The average Bonchev–Trinajstić information content (AvgIpc) is 3.02. The van der Waals surface area contributed by atoms with Crippen molar-refractivity contribution in [1.29, 1.82) is 0 Å². The number of aryl methyl sites for hydroxylation is 2. The van der Waals surface area contributed by atoms with Gasteiger partial charge in [0.05, 0.1) is 11.4 Å². The van der Waals surface area contributed by atoms with Gasteiger partial charge in [0.2, 0.25) is 15.0 Å². The fourth-order valence-electron chi connectivity index (χ4n) is 1.81. The second kappa shape index (κ2) is 5.58. The number of fused-ring (bicyclic) bond motifs is 1. The number of nitrogens with one attached hydrogen (secondary N) is 1. The molecule has 0 atom stereocenters. The number of sulfonamides is 1. The average molecular weight is 358 g/mol. The molecular weight excluding hydrogens is 346 g/mol. The van der Waals surface area contributed by atoms with Gasteiger partial charge in [0.25, 0.3) is 0 Å². The van der Waals surface area contributed by atoms with Crippen molar-refractivity contribution in [2.45, 2.75) is 25.3 Å². The van der Waals surface area contributed by atoms with E-state index >= 15 is 0 Å². The second-order valence-electron chi connectivity index (χ2n) is 4.67. The molecule has 2 aromatic heterocycles. The van der Waals surface area contributed by atoms with Crippen LogP contribution in [0.4, 0.5) is 0 Å². The van der Waals surface area contributed by atoms with Crippen LogP contribution in [0.15, 0.2) is 23.1 Å². The molecule has 0 bridgehead atoms. The number of hydrogen-bond donors (Lipinski definition) is 1. The van der Waals surface area contributed by atoms with Gasteiger partial charge in [0, 0.05) is 5.02 Å². The highest BCUT2D eigenvalue weighted by atomic mass is 35.5. The zero-order valence-electron chi connectivity index (χ0n) is 11.7. The standard InChI is InChI=1S/C12H12ClN5O2S2/c1-7-3-4-9(5-10(7)13)22(19,20)14-6-11-17-18-8(2)15-16-12(18)21-11/h3-5,14H,6H2,1-2H3. The lowest BCUT2D eigenvalue weighted by Crippen LogP contribution is -2.23. The molecule has 0 aliphatic heterocycles. The van der Waals surface area contributed by atoms with Gasteiger partial charge in [-0.3, -0.25) is 0 Å². The Bertz CT molecular complexity index is 948. The number of aromatic nitrogens is 4. The van der Waals surface area contributed by atoms with Crippen LogP contribution in [0.2, 0.25) is 5.02 Å². The van der Waals surface area contributed by atoms with Gasteiger partial charge in [-0.2, -0.15) is 9.61 Å². The number of rotatable bonds is 4. The first-order valence-electron chi connectivity index (χ1n) is 6.30. The molecule has 0 amide bonds. The Kier molecular flexibility index (Phi) is 3.89. The van der Waals surface area contributed by atoms with Gasteiger partial charge in [-0.1, -0.05) is 29.0 Å². The maximum absolute atomic E-state index is 12.3. The molecule has 2 heterocycles. The highest BCUT2D eigenvalue weighted by Gasteiger charge is 2.16. The van der Waals surface area contributed by atoms with Gasteiger partial charge in [-0.25, -0.2) is 13.1 Å². The lowest BCUT2D eigenvalue weighted by molar-refractivity contribution is 0.580. The van der Waals surface area contributed by atoms with Crippen LogP contribution in [0.1, 0.15) is 16.4 Å². The zero-order valence-corrected chi connectivity index (χ0v) is 14.1. The normalized spacial score (nSPS) is 12.1. The summed E-state index contributed by atoms with van der Waals surface area (Å²) in [6.45, 7) is 3.68. The van der Waals surface area contributed by atoms with Crippen LogP contribution in [0, 0.1) is 13.8 Å². The Labute approximate surface area is 136 Å². The summed E-state index contributed by atoms with van der Waals surface area (Å²) in [6, 6.07) is 4.62. The fourth-order valence-corrected chi connectivity index (χ4v) is 3.98. The molecule has 0 spiro atoms. The summed E-state index contributed by atoms with van der Waals surface area (Å²) in [4.78, 5) is 0.757. The lowest BCUT2D eigenvalue weighted by Gasteiger charge is -2.06. The maximum atomic E-state index is 12.3. The second-order valence-corrected chi connectivity index (χ2v) is 7.89. The van der Waals surface area contributed by atoms with E-state index in [1.165, 1.54) is 23.5 Å². The largest absolute Gasteiger partial charge is 0.241 e. The van der Waals surface area contributed by atoms with Gasteiger partial charge in [-0.05, 0) is 31.5 Å². The maximum Gasteiger partial charge on any atom is 0.241 e. The molecule has 7 nitrogen and oxygen atoms in total. The molecule has 0 unspecified atom stereocenters. The summed E-state index contributed by atoms with van der Waals surface area (Å²) in [6.07, 6.45) is 0. The molecule has 22 heavy (non-hydrogen) atoms. The molecule has 0 fully saturated rings. The predicted octanol–water partition coefficient (Wildman–Crippen LogP) is 1.93. The lowest BCUT2D eigenvalue weighted by atomic mass is 10.2. The van der Waals surface area contributed by atoms with E-state index in [0.29, 0.717) is 20.8 Å². The molecule has 3 aromatic rings. The third-order valence-corrected chi connectivity index (χ3v) is 5.76. The van der Waals surface area contributed by atoms with Gasteiger partial charge < -0.3 is 0 Å². The van der Waals surface area contributed by atoms with E-state index in [1.807, 2.05) is 6.92 Å². The van der Waals surface area contributed by atoms with Crippen molar-refractivity contribution < 1.29 is 8.42 Å². The fraction of sp³-hybridized carbons (Fsp3) is 0.250. The molecule has 0 aliphatic rings. The summed E-state index contributed by atoms with van der Waals surface area (Å²) in [5, 5.41) is 13.1. The summed E-state index contributed by atoms with van der Waals surface area (Å²) in [5.74, 6) is 0.658. The summed E-state index contributed by atoms with van der Waals surface area (Å²) in [5.41, 5.74) is 0.824. The van der Waals surface area contributed by atoms with Crippen molar-refractivity contribution in [3.05, 3.63) is 39.6 Å². The Balaban J connectivity index is 1.80. The monoisotopic (exact) mass is 357 g/mol. The first-order valence-corrected chi connectivity index (χ1v) is 8.98. The van der Waals surface area contributed by atoms with E-state index in [4.69, 9.17) is 11.6 Å². The highest BCUT2D eigenvalue weighted by Crippen LogP contribution is 2.20. The molecule has 1 aromatic carbocycles. The molecule has 1 N–H and O–H groups in total. The first kappa shape index (κ1) is 15.3. The molecule has 0 saturated heterocycles. The molecule has 3 rings (SSSR count). The van der Waals surface area contributed by atoms with E-state index in [9.17, 15) is 8.42 Å². The number of benzene rings is 1. The third kappa shape index (κ3) is 2.84. The Morgan fingerprint density at radius 2 is 2.09 bits per heavy atom. The summed E-state index contributed by atoms with van der Waals surface area (Å²) in [7, 11) is -3.64. The Morgan fingerprint density at radius 1 is 1.32 bits per heavy atom. The van der Waals surface area contributed by atoms with E-state index < -0.39 is 10.0 Å². The van der Waals surface area contributed by atoms with E-state index in [-0.39, 0.29) is 11.4 Å². The van der Waals surface area contributed by atoms with Crippen molar-refractivity contribution in [1.82, 2.24) is 24.5 Å². The van der Waals surface area contributed by atoms with Crippen LogP contribution < -0.4 is 4.72 Å². The smallest absolute Gasteiger partial charge is 0.207 e. The van der Waals surface area contributed by atoms with Crippen LogP contribution in [0.25, 0.3) is 4.96 Å². The topological polar surface area (TPSA) is 89.2 Å². The van der Waals surface area contributed by atoms with Crippen LogP contribution in [-0.4, -0.2) is 28.2 Å².